The molecule has 0 fully saturated rings. The Bertz CT molecular complexity index is 542. The number of para-hydroxylation sites is 2. The van der Waals surface area contributed by atoms with E-state index < -0.39 is 6.10 Å². The molecule has 20 heavy (non-hydrogen) atoms. The lowest BCUT2D eigenvalue weighted by atomic mass is 10.2. The van der Waals surface area contributed by atoms with Crippen molar-refractivity contribution >= 4 is 5.69 Å². The first kappa shape index (κ1) is 14.4. The van der Waals surface area contributed by atoms with E-state index in [0.29, 0.717) is 12.4 Å². The van der Waals surface area contributed by atoms with Crippen LogP contribution in [0.3, 0.4) is 0 Å². The number of nitrogens with one attached hydrogen (secondary N) is 1. The molecule has 0 spiro atoms. The van der Waals surface area contributed by atoms with Gasteiger partial charge in [0.05, 0.1) is 24.6 Å². The quantitative estimate of drug-likeness (QED) is 0.696. The normalized spacial score (nSPS) is 12.2. The van der Waals surface area contributed by atoms with E-state index in [-0.39, 0.29) is 13.2 Å². The Morgan fingerprint density at radius 2 is 2.20 bits per heavy atom. The minimum Gasteiger partial charge on any atom is -0.487 e. The molecule has 0 bridgehead atoms. The van der Waals surface area contributed by atoms with Crippen molar-refractivity contribution in [3.8, 4) is 5.75 Å². The van der Waals surface area contributed by atoms with Gasteiger partial charge < -0.3 is 20.3 Å². The smallest absolute Gasteiger partial charge is 0.142 e. The van der Waals surface area contributed by atoms with Crippen LogP contribution in [0.1, 0.15) is 5.56 Å². The molecule has 6 nitrogen and oxygen atoms in total. The van der Waals surface area contributed by atoms with Crippen LogP contribution >= 0.6 is 0 Å². The monoisotopic (exact) mass is 277 g/mol. The summed E-state index contributed by atoms with van der Waals surface area (Å²) < 4.78 is 7.47. The minimum absolute atomic E-state index is 0.268. The molecule has 2 rings (SSSR count). The molecule has 0 saturated carbocycles. The van der Waals surface area contributed by atoms with E-state index >= 15 is 0 Å². The van der Waals surface area contributed by atoms with Crippen molar-refractivity contribution in [1.82, 2.24) is 9.78 Å². The van der Waals surface area contributed by atoms with Gasteiger partial charge in [0.25, 0.3) is 0 Å². The molecule has 2 aromatic rings. The van der Waals surface area contributed by atoms with Gasteiger partial charge in [0.1, 0.15) is 12.4 Å². The number of aromatic nitrogens is 2. The average Bonchev–Trinajstić information content (AvgIpc) is 2.89. The van der Waals surface area contributed by atoms with E-state index in [4.69, 9.17) is 9.84 Å². The first-order valence-electron chi connectivity index (χ1n) is 6.41. The maximum Gasteiger partial charge on any atom is 0.142 e. The molecule has 0 aliphatic carbocycles. The Kier molecular flexibility index (Phi) is 4.97. The number of rotatable bonds is 7. The largest absolute Gasteiger partial charge is 0.487 e. The number of hydrogen-bond acceptors (Lipinski definition) is 5. The van der Waals surface area contributed by atoms with Gasteiger partial charge in [-0.1, -0.05) is 12.1 Å². The van der Waals surface area contributed by atoms with Crippen LogP contribution in [0, 0.1) is 0 Å². The van der Waals surface area contributed by atoms with Crippen molar-refractivity contribution in [2.45, 2.75) is 12.7 Å². The summed E-state index contributed by atoms with van der Waals surface area (Å²) >= 11 is 0. The third-order valence-electron chi connectivity index (χ3n) is 2.78. The maximum absolute atomic E-state index is 9.36. The van der Waals surface area contributed by atoms with Crippen LogP contribution in [0.25, 0.3) is 0 Å². The molecule has 0 aliphatic heterocycles. The van der Waals surface area contributed by atoms with E-state index in [0.717, 1.165) is 11.3 Å². The number of aliphatic hydroxyl groups excluding tert-OH is 2. The second-order valence-electron chi connectivity index (χ2n) is 4.52. The molecule has 0 saturated heterocycles. The number of hydrogen-bond donors (Lipinski definition) is 3. The van der Waals surface area contributed by atoms with Crippen LogP contribution in [0.5, 0.6) is 5.75 Å². The molecule has 1 atom stereocenters. The molecule has 6 heteroatoms. The lowest BCUT2D eigenvalue weighted by Gasteiger charge is -2.14. The second kappa shape index (κ2) is 6.93. The van der Waals surface area contributed by atoms with Gasteiger partial charge in [0.2, 0.25) is 0 Å². The fraction of sp³-hybridized carbons (Fsp3) is 0.357. The SMILES string of the molecule is Cn1cc(COc2ccccc2NCC(O)CO)cn1. The van der Waals surface area contributed by atoms with Gasteiger partial charge in [-0.05, 0) is 12.1 Å². The predicted octanol–water partition coefficient (Wildman–Crippen LogP) is 0.764. The van der Waals surface area contributed by atoms with Crippen LogP contribution in [0.2, 0.25) is 0 Å². The van der Waals surface area contributed by atoms with Crippen molar-refractivity contribution < 1.29 is 14.9 Å². The molecular formula is C14H19N3O3. The summed E-state index contributed by atoms with van der Waals surface area (Å²) in [4.78, 5) is 0. The molecule has 0 aliphatic rings. The Labute approximate surface area is 117 Å². The van der Waals surface area contributed by atoms with Crippen LogP contribution in [-0.2, 0) is 13.7 Å². The van der Waals surface area contributed by atoms with Gasteiger partial charge in [-0.2, -0.15) is 5.10 Å². The summed E-state index contributed by atoms with van der Waals surface area (Å²) in [7, 11) is 1.86. The highest BCUT2D eigenvalue weighted by Crippen LogP contribution is 2.24. The summed E-state index contributed by atoms with van der Waals surface area (Å²) in [6, 6.07) is 7.48. The number of anilines is 1. The van der Waals surface area contributed by atoms with Gasteiger partial charge in [-0.25, -0.2) is 0 Å². The van der Waals surface area contributed by atoms with Crippen LogP contribution in [-0.4, -0.2) is 39.2 Å². The van der Waals surface area contributed by atoms with Gasteiger partial charge in [0.15, 0.2) is 0 Å². The molecule has 1 unspecified atom stereocenters. The van der Waals surface area contributed by atoms with Crippen LogP contribution < -0.4 is 10.1 Å². The summed E-state index contributed by atoms with van der Waals surface area (Å²) in [5, 5.41) is 25.3. The number of aliphatic hydroxyl groups is 2. The van der Waals surface area contributed by atoms with Crippen molar-refractivity contribution in [3.63, 3.8) is 0 Å². The third kappa shape index (κ3) is 3.97. The number of aryl methyl sites for hydroxylation is 1. The minimum atomic E-state index is -0.790. The Hall–Kier alpha value is -2.05. The zero-order chi connectivity index (χ0) is 14.4. The van der Waals surface area contributed by atoms with Gasteiger partial charge in [0, 0.05) is 25.4 Å². The average molecular weight is 277 g/mol. The van der Waals surface area contributed by atoms with Crippen molar-refractivity contribution in [2.75, 3.05) is 18.5 Å². The van der Waals surface area contributed by atoms with Gasteiger partial charge in [-0.3, -0.25) is 4.68 Å². The molecule has 1 aromatic carbocycles. The Balaban J connectivity index is 1.96. The molecule has 1 heterocycles. The van der Waals surface area contributed by atoms with Crippen LogP contribution in [0.4, 0.5) is 5.69 Å². The Morgan fingerprint density at radius 1 is 1.40 bits per heavy atom. The van der Waals surface area contributed by atoms with E-state index in [2.05, 4.69) is 10.4 Å². The zero-order valence-corrected chi connectivity index (χ0v) is 11.4. The molecule has 0 radical (unpaired) electrons. The number of nitrogens with zero attached hydrogens (tertiary/aromatic N) is 2. The summed E-state index contributed by atoms with van der Waals surface area (Å²) in [6.45, 7) is 0.421. The predicted molar refractivity (Wildman–Crippen MR) is 75.6 cm³/mol. The topological polar surface area (TPSA) is 79.5 Å². The van der Waals surface area contributed by atoms with E-state index in [1.54, 1.807) is 10.9 Å². The summed E-state index contributed by atoms with van der Waals surface area (Å²) in [5.41, 5.74) is 1.77. The lowest BCUT2D eigenvalue weighted by Crippen LogP contribution is -2.23. The molecule has 1 aromatic heterocycles. The van der Waals surface area contributed by atoms with Crippen LogP contribution in [0.15, 0.2) is 36.7 Å². The standard InChI is InChI=1S/C14H19N3O3/c1-17-8-11(6-16-17)10-20-14-5-3-2-4-13(14)15-7-12(19)9-18/h2-6,8,12,15,18-19H,7,9-10H2,1H3. The molecule has 3 N–H and O–H groups in total. The summed E-state index contributed by atoms with van der Waals surface area (Å²) in [6.07, 6.45) is 2.86. The van der Waals surface area contributed by atoms with Crippen molar-refractivity contribution in [1.29, 1.82) is 0 Å². The lowest BCUT2D eigenvalue weighted by molar-refractivity contribution is 0.105. The first-order chi connectivity index (χ1) is 9.69. The van der Waals surface area contributed by atoms with E-state index in [1.165, 1.54) is 0 Å². The van der Waals surface area contributed by atoms with E-state index in [9.17, 15) is 5.11 Å². The summed E-state index contributed by atoms with van der Waals surface area (Å²) in [5.74, 6) is 0.696. The molecular weight excluding hydrogens is 258 g/mol. The number of ether oxygens (including phenoxy) is 1. The highest BCUT2D eigenvalue weighted by atomic mass is 16.5. The highest BCUT2D eigenvalue weighted by Gasteiger charge is 2.06. The fourth-order valence-corrected chi connectivity index (χ4v) is 1.74. The number of benzene rings is 1. The van der Waals surface area contributed by atoms with Crippen molar-refractivity contribution in [3.05, 3.63) is 42.2 Å². The van der Waals surface area contributed by atoms with Gasteiger partial charge in [-0.15, -0.1) is 0 Å². The second-order valence-corrected chi connectivity index (χ2v) is 4.52. The van der Waals surface area contributed by atoms with Crippen molar-refractivity contribution in [2.24, 2.45) is 7.05 Å². The van der Waals surface area contributed by atoms with E-state index in [1.807, 2.05) is 37.5 Å². The molecule has 0 amide bonds. The molecule has 108 valence electrons. The third-order valence-corrected chi connectivity index (χ3v) is 2.78. The highest BCUT2D eigenvalue weighted by molar-refractivity contribution is 5.56. The maximum atomic E-state index is 9.36. The first-order valence-corrected chi connectivity index (χ1v) is 6.41. The zero-order valence-electron chi connectivity index (χ0n) is 11.4. The Morgan fingerprint density at radius 3 is 2.90 bits per heavy atom. The fourth-order valence-electron chi connectivity index (χ4n) is 1.74. The van der Waals surface area contributed by atoms with Gasteiger partial charge >= 0.3 is 0 Å².